The number of methoxy groups -OCH3 is 1. The van der Waals surface area contributed by atoms with Crippen LogP contribution in [0.25, 0.3) is 0 Å². The van der Waals surface area contributed by atoms with Gasteiger partial charge in [0.15, 0.2) is 0 Å². The molecule has 1 saturated heterocycles. The third-order valence-corrected chi connectivity index (χ3v) is 4.26. The minimum absolute atomic E-state index is 0.164. The van der Waals surface area contributed by atoms with Crippen molar-refractivity contribution in [2.45, 2.75) is 38.7 Å². The van der Waals surface area contributed by atoms with Crippen molar-refractivity contribution in [2.75, 3.05) is 26.8 Å². The monoisotopic (exact) mass is 349 g/mol. The van der Waals surface area contributed by atoms with E-state index in [9.17, 15) is 14.7 Å². The van der Waals surface area contributed by atoms with Gasteiger partial charge in [0.05, 0.1) is 12.5 Å². The zero-order chi connectivity index (χ0) is 18.6. The minimum Gasteiger partial charge on any atom is -0.481 e. The lowest BCUT2D eigenvalue weighted by atomic mass is 9.88. The summed E-state index contributed by atoms with van der Waals surface area (Å²) in [6.07, 6.45) is 0.307. The Kier molecular flexibility index (Phi) is 6.06. The van der Waals surface area contributed by atoms with Crippen LogP contribution >= 0.6 is 0 Å². The van der Waals surface area contributed by atoms with E-state index in [2.05, 4.69) is 0 Å². The molecule has 0 aliphatic carbocycles. The Labute approximate surface area is 148 Å². The van der Waals surface area contributed by atoms with Crippen molar-refractivity contribution >= 4 is 12.1 Å². The maximum absolute atomic E-state index is 12.3. The van der Waals surface area contributed by atoms with Gasteiger partial charge in [-0.3, -0.25) is 4.79 Å². The Hall–Kier alpha value is -2.08. The van der Waals surface area contributed by atoms with Gasteiger partial charge in [-0.05, 0) is 38.3 Å². The average Bonchev–Trinajstić information content (AvgIpc) is 2.97. The first-order chi connectivity index (χ1) is 11.7. The number of carboxylic acid groups (broad SMARTS) is 1. The third kappa shape index (κ3) is 5.19. The van der Waals surface area contributed by atoms with Gasteiger partial charge >= 0.3 is 12.1 Å². The molecule has 0 saturated carbocycles. The van der Waals surface area contributed by atoms with Crippen LogP contribution in [0.15, 0.2) is 24.3 Å². The van der Waals surface area contributed by atoms with E-state index >= 15 is 0 Å². The van der Waals surface area contributed by atoms with Gasteiger partial charge in [0.1, 0.15) is 5.60 Å². The highest BCUT2D eigenvalue weighted by Crippen LogP contribution is 2.34. The average molecular weight is 349 g/mol. The SMILES string of the molecule is COCCc1cccc(C2CN(C(=O)OC(C)(C)C)CC2C(=O)O)c1. The number of aliphatic carboxylic acids is 1. The highest BCUT2D eigenvalue weighted by Gasteiger charge is 2.41. The van der Waals surface area contributed by atoms with E-state index in [1.165, 1.54) is 4.90 Å². The number of hydrogen-bond donors (Lipinski definition) is 1. The van der Waals surface area contributed by atoms with Crippen LogP contribution in [0.5, 0.6) is 0 Å². The molecule has 138 valence electrons. The second kappa shape index (κ2) is 7.87. The number of rotatable bonds is 5. The summed E-state index contributed by atoms with van der Waals surface area (Å²) in [6, 6.07) is 7.86. The molecule has 0 aromatic heterocycles. The van der Waals surface area contributed by atoms with E-state index in [4.69, 9.17) is 9.47 Å². The highest BCUT2D eigenvalue weighted by molar-refractivity contribution is 5.76. The molecule has 1 aliphatic rings. The molecule has 2 atom stereocenters. The number of carbonyl (C=O) groups is 2. The van der Waals surface area contributed by atoms with Crippen molar-refractivity contribution in [3.8, 4) is 0 Å². The summed E-state index contributed by atoms with van der Waals surface area (Å²) in [5.74, 6) is -1.77. The fraction of sp³-hybridized carbons (Fsp3) is 0.579. The van der Waals surface area contributed by atoms with Gasteiger partial charge in [0, 0.05) is 26.1 Å². The van der Waals surface area contributed by atoms with Crippen molar-refractivity contribution in [1.82, 2.24) is 4.90 Å². The van der Waals surface area contributed by atoms with E-state index in [1.807, 2.05) is 24.3 Å². The molecule has 6 nitrogen and oxygen atoms in total. The fourth-order valence-corrected chi connectivity index (χ4v) is 3.07. The van der Waals surface area contributed by atoms with E-state index in [0.717, 1.165) is 17.5 Å². The van der Waals surface area contributed by atoms with E-state index in [0.29, 0.717) is 13.2 Å². The van der Waals surface area contributed by atoms with Crippen LogP contribution in [0, 0.1) is 5.92 Å². The quantitative estimate of drug-likeness (QED) is 0.884. The maximum Gasteiger partial charge on any atom is 0.410 e. The summed E-state index contributed by atoms with van der Waals surface area (Å²) in [7, 11) is 1.65. The lowest BCUT2D eigenvalue weighted by Gasteiger charge is -2.24. The number of benzene rings is 1. The molecule has 6 heteroatoms. The van der Waals surface area contributed by atoms with Crippen LogP contribution in [0.4, 0.5) is 4.79 Å². The Bertz CT molecular complexity index is 622. The molecule has 1 aromatic rings. The third-order valence-electron chi connectivity index (χ3n) is 4.26. The number of nitrogens with zero attached hydrogens (tertiary/aromatic N) is 1. The molecule has 1 aromatic carbocycles. The second-order valence-electron chi connectivity index (χ2n) is 7.42. The Morgan fingerprint density at radius 3 is 2.60 bits per heavy atom. The van der Waals surface area contributed by atoms with E-state index < -0.39 is 23.6 Å². The number of ether oxygens (including phenoxy) is 2. The molecular weight excluding hydrogens is 322 g/mol. The molecule has 1 aliphatic heterocycles. The van der Waals surface area contributed by atoms with E-state index in [-0.39, 0.29) is 12.5 Å². The molecule has 0 bridgehead atoms. The summed E-state index contributed by atoms with van der Waals surface area (Å²) in [6.45, 7) is 6.52. The first-order valence-corrected chi connectivity index (χ1v) is 8.50. The predicted molar refractivity (Wildman–Crippen MR) is 93.7 cm³/mol. The van der Waals surface area contributed by atoms with E-state index in [1.54, 1.807) is 27.9 Å². The van der Waals surface area contributed by atoms with Crippen LogP contribution in [-0.4, -0.2) is 54.5 Å². The van der Waals surface area contributed by atoms with Crippen LogP contribution in [-0.2, 0) is 20.7 Å². The van der Waals surface area contributed by atoms with Gasteiger partial charge < -0.3 is 19.5 Å². The molecule has 2 unspecified atom stereocenters. The molecule has 1 amide bonds. The molecule has 1 heterocycles. The molecule has 0 radical (unpaired) electrons. The standard InChI is InChI=1S/C19H27NO5/c1-19(2,3)25-18(23)20-11-15(16(12-20)17(21)22)14-7-5-6-13(10-14)8-9-24-4/h5-7,10,15-16H,8-9,11-12H2,1-4H3,(H,21,22). The topological polar surface area (TPSA) is 76.1 Å². The molecule has 2 rings (SSSR count). The first-order valence-electron chi connectivity index (χ1n) is 8.50. The van der Waals surface area contributed by atoms with Gasteiger partial charge in [-0.1, -0.05) is 24.3 Å². The summed E-state index contributed by atoms with van der Waals surface area (Å²) in [4.78, 5) is 25.5. The zero-order valence-corrected chi connectivity index (χ0v) is 15.3. The molecule has 1 fully saturated rings. The van der Waals surface area contributed by atoms with Crippen LogP contribution in [0.3, 0.4) is 0 Å². The van der Waals surface area contributed by atoms with Crippen molar-refractivity contribution in [2.24, 2.45) is 5.92 Å². The van der Waals surface area contributed by atoms with Gasteiger partial charge in [-0.2, -0.15) is 0 Å². The van der Waals surface area contributed by atoms with Gasteiger partial charge in [0.25, 0.3) is 0 Å². The van der Waals surface area contributed by atoms with Crippen molar-refractivity contribution in [3.05, 3.63) is 35.4 Å². The zero-order valence-electron chi connectivity index (χ0n) is 15.3. The van der Waals surface area contributed by atoms with Crippen molar-refractivity contribution < 1.29 is 24.2 Å². The number of carbonyl (C=O) groups excluding carboxylic acids is 1. The van der Waals surface area contributed by atoms with Gasteiger partial charge in [0.2, 0.25) is 0 Å². The van der Waals surface area contributed by atoms with Crippen molar-refractivity contribution in [1.29, 1.82) is 0 Å². The second-order valence-corrected chi connectivity index (χ2v) is 7.42. The number of likely N-dealkylation sites (tertiary alicyclic amines) is 1. The predicted octanol–water partition coefficient (Wildman–Crippen LogP) is 2.91. The van der Waals surface area contributed by atoms with Crippen LogP contribution in [0.2, 0.25) is 0 Å². The van der Waals surface area contributed by atoms with Crippen LogP contribution < -0.4 is 0 Å². The summed E-state index contributed by atoms with van der Waals surface area (Å²) in [5, 5.41) is 9.59. The Balaban J connectivity index is 2.18. The lowest BCUT2D eigenvalue weighted by Crippen LogP contribution is -2.35. The highest BCUT2D eigenvalue weighted by atomic mass is 16.6. The molecular formula is C19H27NO5. The van der Waals surface area contributed by atoms with Gasteiger partial charge in [-0.15, -0.1) is 0 Å². The molecule has 25 heavy (non-hydrogen) atoms. The maximum atomic E-state index is 12.3. The fourth-order valence-electron chi connectivity index (χ4n) is 3.07. The first kappa shape index (κ1) is 19.2. The minimum atomic E-state index is -0.890. The number of hydrogen-bond acceptors (Lipinski definition) is 4. The Morgan fingerprint density at radius 1 is 1.28 bits per heavy atom. The molecule has 1 N–H and O–H groups in total. The molecule has 0 spiro atoms. The van der Waals surface area contributed by atoms with Crippen LogP contribution in [0.1, 0.15) is 37.8 Å². The summed E-state index contributed by atoms with van der Waals surface area (Å²) < 4.78 is 10.5. The number of carboxylic acids is 1. The lowest BCUT2D eigenvalue weighted by molar-refractivity contribution is -0.141. The van der Waals surface area contributed by atoms with Gasteiger partial charge in [-0.25, -0.2) is 4.79 Å². The smallest absolute Gasteiger partial charge is 0.410 e. The number of amides is 1. The largest absolute Gasteiger partial charge is 0.481 e. The normalized spacial score (nSPS) is 20.6. The summed E-state index contributed by atoms with van der Waals surface area (Å²) >= 11 is 0. The van der Waals surface area contributed by atoms with Crippen molar-refractivity contribution in [3.63, 3.8) is 0 Å². The Morgan fingerprint density at radius 2 is 2.00 bits per heavy atom. The summed E-state index contributed by atoms with van der Waals surface area (Å²) in [5.41, 5.74) is 1.43.